The van der Waals surface area contributed by atoms with E-state index >= 15 is 0 Å². The van der Waals surface area contributed by atoms with E-state index in [1.54, 1.807) is 12.1 Å². The average molecular weight is 358 g/mol. The topological polar surface area (TPSA) is 0 Å². The highest BCUT2D eigenvalue weighted by atomic mass is 79.9. The summed E-state index contributed by atoms with van der Waals surface area (Å²) in [5.74, 6) is -0.361. The molecule has 15 heavy (non-hydrogen) atoms. The van der Waals surface area contributed by atoms with Gasteiger partial charge in [0.15, 0.2) is 0 Å². The van der Waals surface area contributed by atoms with E-state index in [9.17, 15) is 4.39 Å². The van der Waals surface area contributed by atoms with Crippen LogP contribution in [-0.2, 0) is 6.42 Å². The molecule has 0 atom stereocenters. The van der Waals surface area contributed by atoms with Crippen LogP contribution in [0.1, 0.15) is 12.5 Å². The molecule has 0 unspecified atom stereocenters. The third-order valence-corrected chi connectivity index (χ3v) is 5.26. The maximum atomic E-state index is 12.9. The first-order valence-electron chi connectivity index (χ1n) is 4.56. The molecule has 1 aromatic carbocycles. The molecule has 0 radical (unpaired) electrons. The van der Waals surface area contributed by atoms with Crippen molar-refractivity contribution in [1.29, 1.82) is 0 Å². The Morgan fingerprint density at radius 2 is 1.93 bits per heavy atom. The van der Waals surface area contributed by atoms with Crippen molar-refractivity contribution in [2.75, 3.05) is 10.7 Å². The van der Waals surface area contributed by atoms with Gasteiger partial charge in [-0.2, -0.15) is 0 Å². The van der Waals surface area contributed by atoms with E-state index in [1.807, 2.05) is 0 Å². The third-order valence-electron chi connectivity index (χ3n) is 2.26. The fourth-order valence-corrected chi connectivity index (χ4v) is 2.80. The quantitative estimate of drug-likeness (QED) is 0.677. The van der Waals surface area contributed by atoms with Gasteiger partial charge in [-0.15, -0.1) is 0 Å². The lowest BCUT2D eigenvalue weighted by molar-refractivity contribution is 0.438. The third kappa shape index (κ3) is 3.72. The van der Waals surface area contributed by atoms with E-state index < -0.39 is 0 Å². The van der Waals surface area contributed by atoms with Gasteiger partial charge in [0.1, 0.15) is 5.82 Å². The Hall–Kier alpha value is 0.400. The summed E-state index contributed by atoms with van der Waals surface area (Å²) in [6.07, 6.45) is 0.865. The van der Waals surface area contributed by atoms with Crippen LogP contribution in [0.4, 0.5) is 4.39 Å². The lowest BCUT2D eigenvalue weighted by Gasteiger charge is -2.24. The predicted octanol–water partition coefficient (Wildman–Crippen LogP) is 4.82. The summed E-state index contributed by atoms with van der Waals surface area (Å²) in [4.78, 5) is 0. The molecule has 4 heteroatoms. The fraction of sp³-hybridized carbons (Fsp3) is 0.455. The molecule has 0 aliphatic rings. The molecule has 0 bridgehead atoms. The van der Waals surface area contributed by atoms with Crippen LogP contribution < -0.4 is 0 Å². The molecule has 0 saturated carbocycles. The molecule has 0 aliphatic heterocycles. The highest BCUT2D eigenvalue weighted by Gasteiger charge is 2.22. The van der Waals surface area contributed by atoms with Gasteiger partial charge in [-0.05, 0) is 29.5 Å². The predicted molar refractivity (Wildman–Crippen MR) is 70.8 cm³/mol. The number of hydrogen-bond acceptors (Lipinski definition) is 0. The van der Waals surface area contributed by atoms with Crippen LogP contribution in [0.2, 0.25) is 5.02 Å². The smallest absolute Gasteiger partial charge is 0.141 e. The number of halogens is 4. The second-order valence-electron chi connectivity index (χ2n) is 4.00. The van der Waals surface area contributed by atoms with Crippen molar-refractivity contribution in [3.63, 3.8) is 0 Å². The van der Waals surface area contributed by atoms with Crippen LogP contribution in [-0.4, -0.2) is 10.7 Å². The number of alkyl halides is 2. The van der Waals surface area contributed by atoms with Gasteiger partial charge >= 0.3 is 0 Å². The lowest BCUT2D eigenvalue weighted by Crippen LogP contribution is -2.23. The number of benzene rings is 1. The van der Waals surface area contributed by atoms with Crippen molar-refractivity contribution >= 4 is 43.5 Å². The van der Waals surface area contributed by atoms with Crippen molar-refractivity contribution in [3.8, 4) is 0 Å². The van der Waals surface area contributed by atoms with E-state index in [1.165, 1.54) is 6.07 Å². The van der Waals surface area contributed by atoms with E-state index in [2.05, 4.69) is 38.8 Å². The Morgan fingerprint density at radius 1 is 1.33 bits per heavy atom. The van der Waals surface area contributed by atoms with E-state index in [0.29, 0.717) is 0 Å². The summed E-state index contributed by atoms with van der Waals surface area (Å²) in [6.45, 7) is 2.16. The highest BCUT2D eigenvalue weighted by Crippen LogP contribution is 2.28. The Morgan fingerprint density at radius 3 is 2.40 bits per heavy atom. The maximum Gasteiger partial charge on any atom is 0.141 e. The molecule has 0 heterocycles. The van der Waals surface area contributed by atoms with Crippen LogP contribution in [0.15, 0.2) is 18.2 Å². The van der Waals surface area contributed by atoms with Crippen molar-refractivity contribution in [1.82, 2.24) is 0 Å². The number of hydrogen-bond donors (Lipinski definition) is 0. The van der Waals surface area contributed by atoms with Gasteiger partial charge in [-0.1, -0.05) is 56.5 Å². The maximum absolute atomic E-state index is 12.9. The second kappa shape index (κ2) is 5.65. The van der Waals surface area contributed by atoms with Gasteiger partial charge in [0, 0.05) is 10.7 Å². The Bertz CT molecular complexity index is 337. The molecule has 0 aromatic heterocycles. The van der Waals surface area contributed by atoms with Gasteiger partial charge in [0.2, 0.25) is 0 Å². The molecule has 0 nitrogen and oxygen atoms in total. The summed E-state index contributed by atoms with van der Waals surface area (Å²) in [5, 5.41) is 1.97. The Labute approximate surface area is 111 Å². The van der Waals surface area contributed by atoms with Crippen molar-refractivity contribution in [2.45, 2.75) is 13.3 Å². The van der Waals surface area contributed by atoms with Gasteiger partial charge in [0.05, 0.1) is 5.02 Å². The van der Waals surface area contributed by atoms with Crippen LogP contribution in [0.5, 0.6) is 0 Å². The van der Waals surface area contributed by atoms with E-state index in [-0.39, 0.29) is 16.3 Å². The molecule has 0 N–H and O–H groups in total. The van der Waals surface area contributed by atoms with E-state index in [0.717, 1.165) is 22.6 Å². The zero-order valence-corrected chi connectivity index (χ0v) is 12.3. The average Bonchev–Trinajstić information content (AvgIpc) is 2.23. The molecule has 0 amide bonds. The monoisotopic (exact) mass is 356 g/mol. The first-order valence-corrected chi connectivity index (χ1v) is 7.19. The molecule has 1 aromatic rings. The first kappa shape index (κ1) is 13.5. The van der Waals surface area contributed by atoms with Crippen LogP contribution in [0.25, 0.3) is 0 Å². The Kier molecular flexibility index (Phi) is 5.07. The van der Waals surface area contributed by atoms with E-state index in [4.69, 9.17) is 11.6 Å². The summed E-state index contributed by atoms with van der Waals surface area (Å²) in [5.41, 5.74) is 1.18. The van der Waals surface area contributed by atoms with Crippen molar-refractivity contribution < 1.29 is 4.39 Å². The molecular weight excluding hydrogens is 346 g/mol. The summed E-state index contributed by atoms with van der Waals surface area (Å²) in [6, 6.07) is 4.89. The standard InChI is InChI=1S/C11H12Br2ClF/c1-11(6-12,7-13)5-8-2-3-10(15)9(14)4-8/h2-4H,5-7H2,1H3. The molecule has 0 fully saturated rings. The molecule has 0 spiro atoms. The Balaban J connectivity index is 2.85. The van der Waals surface area contributed by atoms with Gasteiger partial charge < -0.3 is 0 Å². The zero-order valence-electron chi connectivity index (χ0n) is 8.37. The molecule has 0 saturated heterocycles. The second-order valence-corrected chi connectivity index (χ2v) is 5.53. The number of rotatable bonds is 4. The molecule has 84 valence electrons. The lowest BCUT2D eigenvalue weighted by atomic mass is 9.88. The minimum atomic E-state index is -0.361. The normalized spacial score (nSPS) is 11.8. The molecule has 0 aliphatic carbocycles. The summed E-state index contributed by atoms with van der Waals surface area (Å²) >= 11 is 12.7. The van der Waals surface area contributed by atoms with Crippen molar-refractivity contribution in [3.05, 3.63) is 34.6 Å². The fourth-order valence-electron chi connectivity index (χ4n) is 1.27. The van der Waals surface area contributed by atoms with Gasteiger partial charge in [0.25, 0.3) is 0 Å². The molecule has 1 rings (SSSR count). The van der Waals surface area contributed by atoms with Crippen molar-refractivity contribution in [2.24, 2.45) is 5.41 Å². The SMILES string of the molecule is CC(CBr)(CBr)Cc1ccc(F)c(Cl)c1. The highest BCUT2D eigenvalue weighted by molar-refractivity contribution is 9.09. The minimum Gasteiger partial charge on any atom is -0.205 e. The van der Waals surface area contributed by atoms with Gasteiger partial charge in [-0.25, -0.2) is 4.39 Å². The first-order chi connectivity index (χ1) is 7.00. The molecular formula is C11H12Br2ClF. The van der Waals surface area contributed by atoms with Crippen LogP contribution in [0, 0.1) is 11.2 Å². The van der Waals surface area contributed by atoms with Crippen LogP contribution >= 0.6 is 43.5 Å². The summed E-state index contributed by atoms with van der Waals surface area (Å²) in [7, 11) is 0. The zero-order chi connectivity index (χ0) is 11.5. The summed E-state index contributed by atoms with van der Waals surface area (Å²) < 4.78 is 12.9. The minimum absolute atomic E-state index is 0.126. The largest absolute Gasteiger partial charge is 0.205 e. The van der Waals surface area contributed by atoms with Gasteiger partial charge in [-0.3, -0.25) is 0 Å². The van der Waals surface area contributed by atoms with Crippen LogP contribution in [0.3, 0.4) is 0 Å².